The van der Waals surface area contributed by atoms with Gasteiger partial charge in [0.15, 0.2) is 0 Å². The average Bonchev–Trinajstić information content (AvgIpc) is 2.48. The van der Waals surface area contributed by atoms with E-state index < -0.39 is 15.8 Å². The van der Waals surface area contributed by atoms with E-state index in [2.05, 4.69) is 5.32 Å². The van der Waals surface area contributed by atoms with Crippen molar-refractivity contribution in [3.05, 3.63) is 72.8 Å². The molecule has 0 aliphatic carbocycles. The number of rotatable bonds is 4. The van der Waals surface area contributed by atoms with Gasteiger partial charge in [-0.2, -0.15) is 0 Å². The third-order valence-corrected chi connectivity index (χ3v) is 3.47. The van der Waals surface area contributed by atoms with Gasteiger partial charge >= 0.3 is 0 Å². The zero-order valence-corrected chi connectivity index (χ0v) is 12.5. The van der Waals surface area contributed by atoms with Gasteiger partial charge in [-0.25, -0.2) is 0 Å². The minimum atomic E-state index is -0.609. The number of nitro benzene ring substituents is 2. The fraction of sp³-hybridized carbons (Fsp3) is 0.0714. The molecule has 0 bridgehead atoms. The number of hydrogen-bond donors (Lipinski definition) is 1. The molecule has 0 saturated heterocycles. The Bertz CT molecular complexity index is 822. The molecule has 0 heterocycles. The molecule has 0 fully saturated rings. The Kier molecular flexibility index (Phi) is 4.56. The first-order valence-electron chi connectivity index (χ1n) is 6.30. The van der Waals surface area contributed by atoms with Crippen molar-refractivity contribution in [2.45, 2.75) is 6.92 Å². The van der Waals surface area contributed by atoms with Gasteiger partial charge in [-0.3, -0.25) is 25.0 Å². The summed E-state index contributed by atoms with van der Waals surface area (Å²) in [7, 11) is 0. The van der Waals surface area contributed by atoms with Gasteiger partial charge in [0.1, 0.15) is 0 Å². The van der Waals surface area contributed by atoms with Crippen LogP contribution in [-0.2, 0) is 0 Å². The molecule has 0 aliphatic rings. The molecule has 0 unspecified atom stereocenters. The first kappa shape index (κ1) is 16.4. The van der Waals surface area contributed by atoms with Gasteiger partial charge in [0.05, 0.1) is 20.6 Å². The number of carbonyl (C=O) groups excluding carboxylic acids is 1. The van der Waals surface area contributed by atoms with Crippen LogP contribution in [0.5, 0.6) is 0 Å². The van der Waals surface area contributed by atoms with Crippen molar-refractivity contribution in [2.75, 3.05) is 5.32 Å². The number of halogens is 1. The van der Waals surface area contributed by atoms with Gasteiger partial charge in [0.2, 0.25) is 0 Å². The molecule has 1 N–H and O–H groups in total. The Balaban J connectivity index is 2.31. The molecular formula is C14H10ClN3O5. The maximum Gasteiger partial charge on any atom is 0.273 e. The summed E-state index contributed by atoms with van der Waals surface area (Å²) in [5, 5.41) is 24.0. The predicted molar refractivity (Wildman–Crippen MR) is 83.9 cm³/mol. The number of carbonyl (C=O) groups is 1. The van der Waals surface area contributed by atoms with Crippen LogP contribution >= 0.6 is 11.6 Å². The summed E-state index contributed by atoms with van der Waals surface area (Å²) >= 11 is 5.90. The Morgan fingerprint density at radius 2 is 1.83 bits per heavy atom. The first-order valence-corrected chi connectivity index (χ1v) is 6.68. The standard InChI is InChI=1S/C14H10ClN3O5/c1-8-10(3-2-4-13(8)18(22)23)14(19)16-12-6-5-9(17(20)21)7-11(12)15/h2-7H,1H3,(H,16,19). The summed E-state index contributed by atoms with van der Waals surface area (Å²) in [4.78, 5) is 32.6. The number of amides is 1. The van der Waals surface area contributed by atoms with Gasteiger partial charge in [0.25, 0.3) is 17.3 Å². The van der Waals surface area contributed by atoms with Crippen molar-refractivity contribution in [2.24, 2.45) is 0 Å². The van der Waals surface area contributed by atoms with Gasteiger partial charge in [-0.05, 0) is 19.1 Å². The number of nitro groups is 2. The van der Waals surface area contributed by atoms with Crippen LogP contribution in [-0.4, -0.2) is 15.8 Å². The lowest BCUT2D eigenvalue weighted by molar-refractivity contribution is -0.385. The molecule has 8 nitrogen and oxygen atoms in total. The highest BCUT2D eigenvalue weighted by Crippen LogP contribution is 2.28. The fourth-order valence-electron chi connectivity index (χ4n) is 1.98. The molecule has 0 aromatic heterocycles. The molecule has 0 atom stereocenters. The fourth-order valence-corrected chi connectivity index (χ4v) is 2.20. The normalized spacial score (nSPS) is 10.2. The van der Waals surface area contributed by atoms with E-state index in [0.29, 0.717) is 0 Å². The monoisotopic (exact) mass is 335 g/mol. The molecule has 2 rings (SSSR count). The van der Waals surface area contributed by atoms with Crippen molar-refractivity contribution in [1.29, 1.82) is 0 Å². The SMILES string of the molecule is Cc1c(C(=O)Nc2ccc([N+](=O)[O-])cc2Cl)cccc1[N+](=O)[O-]. The van der Waals surface area contributed by atoms with Crippen molar-refractivity contribution < 1.29 is 14.6 Å². The number of benzene rings is 2. The highest BCUT2D eigenvalue weighted by Gasteiger charge is 2.19. The van der Waals surface area contributed by atoms with Crippen LogP contribution in [0.4, 0.5) is 17.1 Å². The second-order valence-electron chi connectivity index (χ2n) is 4.58. The minimum Gasteiger partial charge on any atom is -0.321 e. The molecule has 23 heavy (non-hydrogen) atoms. The summed E-state index contributed by atoms with van der Waals surface area (Å²) in [6, 6.07) is 7.74. The molecule has 2 aromatic carbocycles. The van der Waals surface area contributed by atoms with Crippen LogP contribution in [0.3, 0.4) is 0 Å². The van der Waals surface area contributed by atoms with E-state index in [0.717, 1.165) is 6.07 Å². The Morgan fingerprint density at radius 1 is 1.13 bits per heavy atom. The largest absolute Gasteiger partial charge is 0.321 e. The molecule has 0 aliphatic heterocycles. The number of nitrogens with one attached hydrogen (secondary N) is 1. The van der Waals surface area contributed by atoms with Crippen molar-refractivity contribution in [3.63, 3.8) is 0 Å². The zero-order chi connectivity index (χ0) is 17.1. The summed E-state index contributed by atoms with van der Waals surface area (Å²) in [6.45, 7) is 1.46. The maximum absolute atomic E-state index is 12.3. The number of hydrogen-bond acceptors (Lipinski definition) is 5. The van der Waals surface area contributed by atoms with Crippen LogP contribution < -0.4 is 5.32 Å². The lowest BCUT2D eigenvalue weighted by Crippen LogP contribution is -2.14. The molecule has 0 radical (unpaired) electrons. The lowest BCUT2D eigenvalue weighted by Gasteiger charge is -2.09. The Labute approximate surface area is 135 Å². The summed E-state index contributed by atoms with van der Waals surface area (Å²) in [6.07, 6.45) is 0. The second-order valence-corrected chi connectivity index (χ2v) is 4.99. The van der Waals surface area contributed by atoms with Crippen LogP contribution in [0.15, 0.2) is 36.4 Å². The zero-order valence-electron chi connectivity index (χ0n) is 11.8. The van der Waals surface area contributed by atoms with E-state index in [1.54, 1.807) is 0 Å². The molecule has 118 valence electrons. The highest BCUT2D eigenvalue weighted by atomic mass is 35.5. The molecule has 1 amide bonds. The Hall–Kier alpha value is -3.00. The van der Waals surface area contributed by atoms with E-state index in [1.165, 1.54) is 37.3 Å². The van der Waals surface area contributed by atoms with Crippen molar-refractivity contribution >= 4 is 34.6 Å². The van der Waals surface area contributed by atoms with Crippen LogP contribution in [0.25, 0.3) is 0 Å². The van der Waals surface area contributed by atoms with E-state index in [1.807, 2.05) is 0 Å². The van der Waals surface area contributed by atoms with Gasteiger partial charge in [0, 0.05) is 29.3 Å². The van der Waals surface area contributed by atoms with E-state index in [-0.39, 0.29) is 33.2 Å². The third-order valence-electron chi connectivity index (χ3n) is 3.16. The third kappa shape index (κ3) is 3.43. The quantitative estimate of drug-likeness (QED) is 0.675. The molecule has 9 heteroatoms. The van der Waals surface area contributed by atoms with Gasteiger partial charge in [-0.1, -0.05) is 17.7 Å². The summed E-state index contributed by atoms with van der Waals surface area (Å²) in [5.41, 5.74) is 0.127. The number of anilines is 1. The Morgan fingerprint density at radius 3 is 2.39 bits per heavy atom. The van der Waals surface area contributed by atoms with Crippen molar-refractivity contribution in [1.82, 2.24) is 0 Å². The van der Waals surface area contributed by atoms with Gasteiger partial charge in [-0.15, -0.1) is 0 Å². The minimum absolute atomic E-state index is 0.00404. The van der Waals surface area contributed by atoms with Gasteiger partial charge < -0.3 is 5.32 Å². The molecule has 2 aromatic rings. The lowest BCUT2D eigenvalue weighted by atomic mass is 10.1. The summed E-state index contributed by atoms with van der Waals surface area (Å²) in [5.74, 6) is -0.595. The average molecular weight is 336 g/mol. The van der Waals surface area contributed by atoms with Crippen LogP contribution in [0, 0.1) is 27.2 Å². The van der Waals surface area contributed by atoms with Crippen molar-refractivity contribution in [3.8, 4) is 0 Å². The second kappa shape index (κ2) is 6.41. The highest BCUT2D eigenvalue weighted by molar-refractivity contribution is 6.34. The number of nitrogens with zero attached hydrogens (tertiary/aromatic N) is 2. The molecule has 0 saturated carbocycles. The smallest absolute Gasteiger partial charge is 0.273 e. The summed E-state index contributed by atoms with van der Waals surface area (Å²) < 4.78 is 0. The van der Waals surface area contributed by atoms with E-state index in [9.17, 15) is 25.0 Å². The van der Waals surface area contributed by atoms with E-state index >= 15 is 0 Å². The maximum atomic E-state index is 12.3. The molecular weight excluding hydrogens is 326 g/mol. The molecule has 0 spiro atoms. The topological polar surface area (TPSA) is 115 Å². The predicted octanol–water partition coefficient (Wildman–Crippen LogP) is 3.72. The van der Waals surface area contributed by atoms with Crippen LogP contribution in [0.2, 0.25) is 5.02 Å². The number of non-ortho nitro benzene ring substituents is 1. The first-order chi connectivity index (χ1) is 10.8. The van der Waals surface area contributed by atoms with E-state index in [4.69, 9.17) is 11.6 Å². The van der Waals surface area contributed by atoms with Crippen LogP contribution in [0.1, 0.15) is 15.9 Å².